The van der Waals surface area contributed by atoms with E-state index in [1.54, 1.807) is 0 Å². The summed E-state index contributed by atoms with van der Waals surface area (Å²) in [6.07, 6.45) is 3.94. The number of pyridine rings is 2. The number of nitrogens with zero attached hydrogens (tertiary/aromatic N) is 6. The maximum atomic E-state index is 5.41. The van der Waals surface area contributed by atoms with E-state index in [4.69, 9.17) is 24.9 Å². The molecule has 6 heteroatoms. The topological polar surface area (TPSA) is 69.4 Å². The Hall–Kier alpha value is -9.91. The van der Waals surface area contributed by atoms with Crippen LogP contribution in [0.4, 0.5) is 0 Å². The molecule has 0 saturated carbocycles. The molecule has 0 fully saturated rings. The molecule has 0 atom stereocenters. The molecule has 3 aliphatic rings. The normalized spacial score (nSPS) is 13.8. The molecule has 6 nitrogen and oxygen atoms in total. The first-order chi connectivity index (χ1) is 37.9. The molecule has 13 aromatic rings. The van der Waals surface area contributed by atoms with Gasteiger partial charge in [0.25, 0.3) is 0 Å². The van der Waals surface area contributed by atoms with Crippen molar-refractivity contribution in [1.82, 2.24) is 29.5 Å². The van der Waals surface area contributed by atoms with Gasteiger partial charge in [-0.3, -0.25) is 9.97 Å². The Morgan fingerprint density at radius 3 is 1.62 bits per heavy atom. The third-order valence-corrected chi connectivity index (χ3v) is 16.8. The average molecular weight is 983 g/mol. The summed E-state index contributed by atoms with van der Waals surface area (Å²) in [6.45, 7) is 4.62. The third kappa shape index (κ3) is 6.21. The molecule has 4 aromatic heterocycles. The van der Waals surface area contributed by atoms with Crippen molar-refractivity contribution in [3.05, 3.63) is 276 Å². The third-order valence-electron chi connectivity index (χ3n) is 16.8. The van der Waals surface area contributed by atoms with Gasteiger partial charge in [0.05, 0.1) is 39.7 Å². The van der Waals surface area contributed by atoms with Crippen molar-refractivity contribution in [1.29, 1.82) is 0 Å². The molecular weight excluding hydrogens is 937 g/mol. The molecule has 1 spiro atoms. The lowest BCUT2D eigenvalue weighted by Gasteiger charge is -2.30. The van der Waals surface area contributed by atoms with E-state index in [0.717, 1.165) is 89.0 Å². The second kappa shape index (κ2) is 16.3. The monoisotopic (exact) mass is 982 g/mol. The molecule has 0 saturated heterocycles. The highest BCUT2D eigenvalue weighted by atomic mass is 15.0. The molecule has 0 N–H and O–H groups in total. The Balaban J connectivity index is 0.890. The van der Waals surface area contributed by atoms with Crippen molar-refractivity contribution in [2.75, 3.05) is 0 Å². The van der Waals surface area contributed by atoms with Crippen LogP contribution < -0.4 is 0 Å². The predicted octanol–water partition coefficient (Wildman–Crippen LogP) is 16.7. The zero-order chi connectivity index (χ0) is 51.0. The number of hydrogen-bond acceptors (Lipinski definition) is 5. The molecule has 0 aliphatic heterocycles. The molecule has 9 aromatic carbocycles. The summed E-state index contributed by atoms with van der Waals surface area (Å²) >= 11 is 0. The van der Waals surface area contributed by atoms with Crippen LogP contribution in [0.1, 0.15) is 47.2 Å². The minimum atomic E-state index is -0.585. The van der Waals surface area contributed by atoms with Crippen LogP contribution in [0.2, 0.25) is 0 Å². The lowest BCUT2D eigenvalue weighted by molar-refractivity contribution is 0.660. The number of aromatic nitrogens is 6. The van der Waals surface area contributed by atoms with Crippen LogP contribution >= 0.6 is 0 Å². The Morgan fingerprint density at radius 1 is 0.338 bits per heavy atom. The van der Waals surface area contributed by atoms with Crippen molar-refractivity contribution in [3.63, 3.8) is 0 Å². The van der Waals surface area contributed by atoms with Gasteiger partial charge in [0.2, 0.25) is 0 Å². The first-order valence-electron chi connectivity index (χ1n) is 26.4. The fourth-order valence-electron chi connectivity index (χ4n) is 13.3. The van der Waals surface area contributed by atoms with Gasteiger partial charge < -0.3 is 4.57 Å². The van der Waals surface area contributed by atoms with Crippen LogP contribution in [0, 0.1) is 0 Å². The second-order valence-electron chi connectivity index (χ2n) is 21.1. The van der Waals surface area contributed by atoms with Gasteiger partial charge in [0, 0.05) is 44.6 Å². The standard InChI is InChI=1S/C71H46N6/c1-70(2)56-28-12-9-24-51(56)54-35-33-48(40-60(54)70)69-75-67(44-20-7-4-8-21-44)74-68(76-69)47-23-15-22-46(38-47)50-27-16-32-63-64(50)55-39-45(43-18-5-3-6-19-43)34-36-62(55)77(63)49-41-61-66(73-42-49)65-59(31-17-37-72-65)71(61)57-29-13-10-25-52(57)53-26-11-14-30-58(53)71/h3-42H,1-2H3. The van der Waals surface area contributed by atoms with E-state index in [9.17, 15) is 0 Å². The Morgan fingerprint density at radius 2 is 0.883 bits per heavy atom. The zero-order valence-corrected chi connectivity index (χ0v) is 42.3. The van der Waals surface area contributed by atoms with Gasteiger partial charge in [0.15, 0.2) is 17.5 Å². The van der Waals surface area contributed by atoms with Crippen molar-refractivity contribution in [2.24, 2.45) is 0 Å². The lowest BCUT2D eigenvalue weighted by atomic mass is 9.71. The van der Waals surface area contributed by atoms with E-state index >= 15 is 0 Å². The summed E-state index contributed by atoms with van der Waals surface area (Å²) in [5.41, 5.74) is 24.0. The van der Waals surface area contributed by atoms with Crippen molar-refractivity contribution < 1.29 is 0 Å². The van der Waals surface area contributed by atoms with Gasteiger partial charge in [0.1, 0.15) is 0 Å². The van der Waals surface area contributed by atoms with Crippen LogP contribution in [0.15, 0.2) is 243 Å². The minimum Gasteiger partial charge on any atom is -0.308 e. The summed E-state index contributed by atoms with van der Waals surface area (Å²) in [6, 6.07) is 83.1. The number of hydrogen-bond donors (Lipinski definition) is 0. The molecule has 0 bridgehead atoms. The van der Waals surface area contributed by atoms with Gasteiger partial charge in [-0.2, -0.15) is 0 Å². The van der Waals surface area contributed by atoms with Crippen molar-refractivity contribution in [2.45, 2.75) is 24.7 Å². The summed E-state index contributed by atoms with van der Waals surface area (Å²) in [7, 11) is 0. The molecule has 0 amide bonds. The van der Waals surface area contributed by atoms with Crippen LogP contribution in [0.25, 0.3) is 118 Å². The summed E-state index contributed by atoms with van der Waals surface area (Å²) < 4.78 is 2.41. The van der Waals surface area contributed by atoms with Gasteiger partial charge in [-0.05, 0) is 115 Å². The number of benzene rings is 9. The Labute approximate surface area is 445 Å². The van der Waals surface area contributed by atoms with E-state index in [0.29, 0.717) is 17.5 Å². The van der Waals surface area contributed by atoms with E-state index < -0.39 is 5.41 Å². The maximum absolute atomic E-state index is 5.41. The van der Waals surface area contributed by atoms with Gasteiger partial charge in [-0.15, -0.1) is 0 Å². The van der Waals surface area contributed by atoms with Crippen LogP contribution in [-0.4, -0.2) is 29.5 Å². The second-order valence-corrected chi connectivity index (χ2v) is 21.1. The quantitative estimate of drug-likeness (QED) is 0.166. The van der Waals surface area contributed by atoms with E-state index in [2.05, 4.69) is 231 Å². The van der Waals surface area contributed by atoms with Crippen LogP contribution in [-0.2, 0) is 10.8 Å². The number of fused-ring (bicyclic) bond motifs is 16. The maximum Gasteiger partial charge on any atom is 0.164 e. The van der Waals surface area contributed by atoms with Gasteiger partial charge >= 0.3 is 0 Å². The highest BCUT2D eigenvalue weighted by Crippen LogP contribution is 2.62. The Kier molecular flexibility index (Phi) is 9.20. The number of rotatable bonds is 6. The summed E-state index contributed by atoms with van der Waals surface area (Å²) in [5, 5.41) is 2.30. The zero-order valence-electron chi connectivity index (χ0n) is 42.3. The lowest BCUT2D eigenvalue weighted by Crippen LogP contribution is -2.26. The Bertz CT molecular complexity index is 4550. The minimum absolute atomic E-state index is 0.169. The van der Waals surface area contributed by atoms with Crippen LogP contribution in [0.3, 0.4) is 0 Å². The van der Waals surface area contributed by atoms with Crippen molar-refractivity contribution >= 4 is 21.8 Å². The predicted molar refractivity (Wildman–Crippen MR) is 311 cm³/mol. The highest BCUT2D eigenvalue weighted by molar-refractivity contribution is 6.17. The molecule has 77 heavy (non-hydrogen) atoms. The fourth-order valence-corrected chi connectivity index (χ4v) is 13.3. The molecule has 16 rings (SSSR count). The molecule has 0 unspecified atom stereocenters. The van der Waals surface area contributed by atoms with Gasteiger partial charge in [-0.1, -0.05) is 202 Å². The fraction of sp³-hybridized carbons (Fsp3) is 0.0563. The van der Waals surface area contributed by atoms with Crippen molar-refractivity contribution in [3.8, 4) is 95.7 Å². The van der Waals surface area contributed by atoms with Gasteiger partial charge in [-0.25, -0.2) is 15.0 Å². The highest BCUT2D eigenvalue weighted by Gasteiger charge is 2.53. The van der Waals surface area contributed by atoms with E-state index in [1.807, 2.05) is 30.6 Å². The smallest absolute Gasteiger partial charge is 0.164 e. The molecule has 3 aliphatic carbocycles. The molecule has 0 radical (unpaired) electrons. The molecule has 4 heterocycles. The van der Waals surface area contributed by atoms with E-state index in [-0.39, 0.29) is 5.41 Å². The van der Waals surface area contributed by atoms with Crippen LogP contribution in [0.5, 0.6) is 0 Å². The molecule has 360 valence electrons. The van der Waals surface area contributed by atoms with E-state index in [1.165, 1.54) is 44.5 Å². The summed E-state index contributed by atoms with van der Waals surface area (Å²) in [5.74, 6) is 1.88. The average Bonchev–Trinajstić information content (AvgIpc) is 4.22. The molecular formula is C71H46N6. The largest absolute Gasteiger partial charge is 0.308 e. The first-order valence-corrected chi connectivity index (χ1v) is 26.4. The first kappa shape index (κ1) is 43.5. The SMILES string of the molecule is CC1(C)c2ccccc2-c2ccc(-c3nc(-c4ccccc4)nc(-c4cccc(-c5cccc6c5c5cc(-c7ccccc7)ccc5n6-c5cnc6c(c5)C5(c7ccccc7-c7ccccc75)c5cccnc5-6)c4)n3)cc21. The summed E-state index contributed by atoms with van der Waals surface area (Å²) in [4.78, 5) is 26.2.